The third-order valence-corrected chi connectivity index (χ3v) is 4.96. The molecule has 0 amide bonds. The van der Waals surface area contributed by atoms with E-state index in [1.165, 1.54) is 11.1 Å². The van der Waals surface area contributed by atoms with Crippen molar-refractivity contribution in [3.63, 3.8) is 0 Å². The van der Waals surface area contributed by atoms with Crippen LogP contribution >= 0.6 is 24.0 Å². The lowest BCUT2D eigenvalue weighted by molar-refractivity contribution is 0.0420. The van der Waals surface area contributed by atoms with Gasteiger partial charge in [0, 0.05) is 39.3 Å². The van der Waals surface area contributed by atoms with E-state index >= 15 is 0 Å². The number of halogens is 1. The van der Waals surface area contributed by atoms with Crippen LogP contribution in [0.15, 0.2) is 65.7 Å². The molecular weight excluding hydrogens is 477 g/mol. The lowest BCUT2D eigenvalue weighted by Crippen LogP contribution is -2.40. The molecule has 1 fully saturated rings. The van der Waals surface area contributed by atoms with E-state index in [4.69, 9.17) is 9.47 Å². The number of guanidine groups is 1. The van der Waals surface area contributed by atoms with E-state index in [2.05, 4.69) is 76.3 Å². The molecule has 1 aliphatic rings. The van der Waals surface area contributed by atoms with E-state index in [0.29, 0.717) is 0 Å². The molecule has 0 aromatic heterocycles. The first-order valence-corrected chi connectivity index (χ1v) is 10.1. The Balaban J connectivity index is 0.00000300. The maximum Gasteiger partial charge on any atom is 0.191 e. The maximum absolute atomic E-state index is 5.81. The fraction of sp³-hybridized carbons (Fsp3) is 0.435. The van der Waals surface area contributed by atoms with Gasteiger partial charge in [0.15, 0.2) is 5.96 Å². The van der Waals surface area contributed by atoms with E-state index < -0.39 is 0 Å². The Labute approximate surface area is 191 Å². The van der Waals surface area contributed by atoms with Crippen molar-refractivity contribution in [2.45, 2.75) is 24.9 Å². The van der Waals surface area contributed by atoms with E-state index in [1.807, 2.05) is 7.05 Å². The van der Waals surface area contributed by atoms with Crippen LogP contribution in [0.2, 0.25) is 0 Å². The molecule has 29 heavy (non-hydrogen) atoms. The highest BCUT2D eigenvalue weighted by atomic mass is 127. The Morgan fingerprint density at radius 1 is 1.07 bits per heavy atom. The first-order chi connectivity index (χ1) is 13.9. The number of nitrogens with one attached hydrogen (secondary N) is 2. The summed E-state index contributed by atoms with van der Waals surface area (Å²) in [6.07, 6.45) is 2.23. The Kier molecular flexibility index (Phi) is 11.1. The lowest BCUT2D eigenvalue weighted by Gasteiger charge is -2.20. The standard InChI is InChI=1S/C23H31N3O2.HI/c1-24-23(25-14-8-15-28-21-13-16-27-18-21)26-17-22(19-9-4-2-5-10-19)20-11-6-3-7-12-20;/h2-7,9-12,21-22H,8,13-18H2,1H3,(H2,24,25,26);1H. The first-order valence-electron chi connectivity index (χ1n) is 10.1. The van der Waals surface area contributed by atoms with Crippen LogP contribution in [-0.2, 0) is 9.47 Å². The van der Waals surface area contributed by atoms with Crippen molar-refractivity contribution >= 4 is 29.9 Å². The van der Waals surface area contributed by atoms with E-state index in [0.717, 1.165) is 51.7 Å². The van der Waals surface area contributed by atoms with Gasteiger partial charge in [0.05, 0.1) is 12.7 Å². The van der Waals surface area contributed by atoms with Crippen molar-refractivity contribution in [3.05, 3.63) is 71.8 Å². The van der Waals surface area contributed by atoms with Crippen LogP contribution in [0.4, 0.5) is 0 Å². The molecule has 6 heteroatoms. The number of hydrogen-bond acceptors (Lipinski definition) is 3. The highest BCUT2D eigenvalue weighted by Gasteiger charge is 2.16. The molecule has 3 rings (SSSR count). The summed E-state index contributed by atoms with van der Waals surface area (Å²) < 4.78 is 11.1. The molecule has 0 radical (unpaired) electrons. The average Bonchev–Trinajstić information content (AvgIpc) is 3.27. The molecule has 1 atom stereocenters. The molecule has 2 aromatic rings. The highest BCUT2D eigenvalue weighted by Crippen LogP contribution is 2.23. The summed E-state index contributed by atoms with van der Waals surface area (Å²) >= 11 is 0. The van der Waals surface area contributed by atoms with Gasteiger partial charge in [-0.05, 0) is 24.0 Å². The molecule has 0 aliphatic carbocycles. The Morgan fingerprint density at radius 2 is 1.72 bits per heavy atom. The van der Waals surface area contributed by atoms with E-state index in [9.17, 15) is 0 Å². The van der Waals surface area contributed by atoms with Crippen LogP contribution in [0.5, 0.6) is 0 Å². The highest BCUT2D eigenvalue weighted by molar-refractivity contribution is 14.0. The minimum Gasteiger partial charge on any atom is -0.379 e. The molecule has 2 N–H and O–H groups in total. The van der Waals surface area contributed by atoms with Gasteiger partial charge >= 0.3 is 0 Å². The molecule has 0 saturated carbocycles. The van der Waals surface area contributed by atoms with Gasteiger partial charge in [-0.3, -0.25) is 4.99 Å². The summed E-state index contributed by atoms with van der Waals surface area (Å²) in [4.78, 5) is 4.36. The molecule has 0 spiro atoms. The van der Waals surface area contributed by atoms with Gasteiger partial charge in [0.2, 0.25) is 0 Å². The molecule has 1 saturated heterocycles. The Morgan fingerprint density at radius 3 is 2.28 bits per heavy atom. The fourth-order valence-electron chi connectivity index (χ4n) is 3.39. The van der Waals surface area contributed by atoms with Crippen molar-refractivity contribution in [1.82, 2.24) is 10.6 Å². The summed E-state index contributed by atoms with van der Waals surface area (Å²) in [7, 11) is 1.81. The van der Waals surface area contributed by atoms with Crippen LogP contribution < -0.4 is 10.6 Å². The molecule has 1 aliphatic heterocycles. The molecule has 1 heterocycles. The Hall–Kier alpha value is -1.64. The van der Waals surface area contributed by atoms with Crippen molar-refractivity contribution in [2.75, 3.05) is 40.0 Å². The Bertz CT molecular complexity index is 667. The third kappa shape index (κ3) is 7.95. The van der Waals surface area contributed by atoms with Gasteiger partial charge in [-0.1, -0.05) is 60.7 Å². The van der Waals surface area contributed by atoms with Gasteiger partial charge in [-0.15, -0.1) is 24.0 Å². The average molecular weight is 509 g/mol. The summed E-state index contributed by atoms with van der Waals surface area (Å²) in [5.74, 6) is 1.09. The SMILES string of the molecule is CN=C(NCCCOC1CCOC1)NCC(c1ccccc1)c1ccccc1.I. The number of nitrogens with zero attached hydrogens (tertiary/aromatic N) is 1. The third-order valence-electron chi connectivity index (χ3n) is 4.96. The predicted octanol–water partition coefficient (Wildman–Crippen LogP) is 3.80. The van der Waals surface area contributed by atoms with Gasteiger partial charge in [0.1, 0.15) is 0 Å². The van der Waals surface area contributed by atoms with Crippen LogP contribution in [0.25, 0.3) is 0 Å². The van der Waals surface area contributed by atoms with Gasteiger partial charge in [-0.2, -0.15) is 0 Å². The number of aliphatic imine (C=N–C) groups is 1. The second kappa shape index (κ2) is 13.6. The van der Waals surface area contributed by atoms with Crippen LogP contribution in [-0.4, -0.2) is 52.0 Å². The second-order valence-corrected chi connectivity index (χ2v) is 6.96. The topological polar surface area (TPSA) is 54.9 Å². The molecule has 1 unspecified atom stereocenters. The van der Waals surface area contributed by atoms with Crippen molar-refractivity contribution in [1.29, 1.82) is 0 Å². The zero-order valence-corrected chi connectivity index (χ0v) is 19.4. The van der Waals surface area contributed by atoms with Crippen molar-refractivity contribution in [3.8, 4) is 0 Å². The number of rotatable bonds is 9. The number of benzene rings is 2. The van der Waals surface area contributed by atoms with Crippen LogP contribution in [0.1, 0.15) is 29.9 Å². The minimum atomic E-state index is 0. The fourth-order valence-corrected chi connectivity index (χ4v) is 3.39. The molecule has 0 bridgehead atoms. The quantitative estimate of drug-likeness (QED) is 0.234. The van der Waals surface area contributed by atoms with E-state index in [-0.39, 0.29) is 36.0 Å². The molecule has 2 aromatic carbocycles. The number of ether oxygens (including phenoxy) is 2. The predicted molar refractivity (Wildman–Crippen MR) is 129 cm³/mol. The first kappa shape index (κ1) is 23.6. The molecule has 158 valence electrons. The second-order valence-electron chi connectivity index (χ2n) is 6.96. The normalized spacial score (nSPS) is 16.5. The largest absolute Gasteiger partial charge is 0.379 e. The number of hydrogen-bond donors (Lipinski definition) is 2. The van der Waals surface area contributed by atoms with E-state index in [1.54, 1.807) is 0 Å². The van der Waals surface area contributed by atoms with Crippen molar-refractivity contribution < 1.29 is 9.47 Å². The summed E-state index contributed by atoms with van der Waals surface area (Å²) in [6.45, 7) is 3.91. The monoisotopic (exact) mass is 509 g/mol. The summed E-state index contributed by atoms with van der Waals surface area (Å²) in [5.41, 5.74) is 2.59. The minimum absolute atomic E-state index is 0. The summed E-state index contributed by atoms with van der Waals surface area (Å²) in [6, 6.07) is 21.2. The van der Waals surface area contributed by atoms with Crippen LogP contribution in [0, 0.1) is 0 Å². The maximum atomic E-state index is 5.81. The van der Waals surface area contributed by atoms with Gasteiger partial charge in [0.25, 0.3) is 0 Å². The van der Waals surface area contributed by atoms with Crippen molar-refractivity contribution in [2.24, 2.45) is 4.99 Å². The lowest BCUT2D eigenvalue weighted by atomic mass is 9.91. The smallest absolute Gasteiger partial charge is 0.191 e. The molecule has 5 nitrogen and oxygen atoms in total. The van der Waals surface area contributed by atoms with Gasteiger partial charge < -0.3 is 20.1 Å². The van der Waals surface area contributed by atoms with Gasteiger partial charge in [-0.25, -0.2) is 0 Å². The zero-order valence-electron chi connectivity index (χ0n) is 17.0. The zero-order chi connectivity index (χ0) is 19.4. The molecular formula is C23H32IN3O2. The van der Waals surface area contributed by atoms with Crippen LogP contribution in [0.3, 0.4) is 0 Å². The summed E-state index contributed by atoms with van der Waals surface area (Å²) in [5, 5.41) is 6.86.